The number of hydrogen-bond acceptors (Lipinski definition) is 8. The van der Waals surface area contributed by atoms with Crippen molar-refractivity contribution < 1.29 is 4.74 Å². The smallest absolute Gasteiger partial charge is 0.267 e. The summed E-state index contributed by atoms with van der Waals surface area (Å²) >= 11 is 0. The third-order valence-electron chi connectivity index (χ3n) is 8.25. The van der Waals surface area contributed by atoms with Gasteiger partial charge in [0, 0.05) is 55.1 Å². The van der Waals surface area contributed by atoms with E-state index in [9.17, 15) is 5.26 Å². The zero-order chi connectivity index (χ0) is 26.8. The summed E-state index contributed by atoms with van der Waals surface area (Å²) in [5.74, 6) is -0.233. The molecule has 8 nitrogen and oxygen atoms in total. The Balaban J connectivity index is 1.47. The average Bonchev–Trinajstić information content (AvgIpc) is 3.45. The highest BCUT2D eigenvalue weighted by Gasteiger charge is 2.42. The Morgan fingerprint density at radius 2 is 2.03 bits per heavy atom. The minimum absolute atomic E-state index is 0.0950. The first-order valence-corrected chi connectivity index (χ1v) is 14.1. The van der Waals surface area contributed by atoms with Crippen molar-refractivity contribution in [2.75, 3.05) is 38.1 Å². The van der Waals surface area contributed by atoms with Gasteiger partial charge in [0.25, 0.3) is 5.85 Å². The monoisotopic (exact) mass is 523 g/mol. The fourth-order valence-electron chi connectivity index (χ4n) is 6.34. The first kappa shape index (κ1) is 25.8. The normalized spacial score (nSPS) is 25.3. The van der Waals surface area contributed by atoms with Gasteiger partial charge < -0.3 is 20.3 Å². The van der Waals surface area contributed by atoms with Crippen LogP contribution in [-0.4, -0.2) is 71.5 Å². The van der Waals surface area contributed by atoms with E-state index in [1.807, 2.05) is 18.5 Å². The summed E-state index contributed by atoms with van der Waals surface area (Å²) in [5, 5.41) is 18.8. The molecule has 0 spiro atoms. The Kier molecular flexibility index (Phi) is 7.22. The summed E-state index contributed by atoms with van der Waals surface area (Å²) in [6.07, 6.45) is 6.45. The van der Waals surface area contributed by atoms with Gasteiger partial charge >= 0.3 is 0 Å². The van der Waals surface area contributed by atoms with Crippen LogP contribution in [0.15, 0.2) is 65.9 Å². The number of benzene rings is 2. The van der Waals surface area contributed by atoms with Gasteiger partial charge in [-0.1, -0.05) is 42.5 Å². The summed E-state index contributed by atoms with van der Waals surface area (Å²) in [6.45, 7) is 8.51. The molecule has 6 rings (SSSR count). The molecule has 2 fully saturated rings. The summed E-state index contributed by atoms with van der Waals surface area (Å²) in [6, 6.07) is 20.0. The van der Waals surface area contributed by atoms with Gasteiger partial charge in [0.15, 0.2) is 0 Å². The van der Waals surface area contributed by atoms with Gasteiger partial charge in [-0.05, 0) is 50.1 Å². The molecule has 3 aromatic rings. The molecule has 0 radical (unpaired) electrons. The molecule has 0 saturated carbocycles. The zero-order valence-corrected chi connectivity index (χ0v) is 22.8. The number of likely N-dealkylation sites (tertiary alicyclic amines) is 1. The predicted octanol–water partition coefficient (Wildman–Crippen LogP) is 4.29. The average molecular weight is 524 g/mol. The number of pyridine rings is 1. The number of piperazine rings is 1. The van der Waals surface area contributed by atoms with E-state index in [2.05, 4.69) is 87.8 Å². The van der Waals surface area contributed by atoms with Crippen molar-refractivity contribution in [3.05, 3.63) is 72.1 Å². The number of ether oxygens (including phenoxy) is 1. The Morgan fingerprint density at radius 3 is 2.90 bits per heavy atom. The number of rotatable bonds is 6. The highest BCUT2D eigenvalue weighted by atomic mass is 16.5. The fraction of sp³-hybridized carbons (Fsp3) is 0.452. The summed E-state index contributed by atoms with van der Waals surface area (Å²) in [7, 11) is 0. The fourth-order valence-corrected chi connectivity index (χ4v) is 6.34. The lowest BCUT2D eigenvalue weighted by molar-refractivity contribution is -0.0484. The van der Waals surface area contributed by atoms with Gasteiger partial charge in [-0.25, -0.2) is 4.99 Å². The number of nitrogens with one attached hydrogen (secondary N) is 2. The van der Waals surface area contributed by atoms with Gasteiger partial charge in [-0.3, -0.25) is 9.88 Å². The van der Waals surface area contributed by atoms with Gasteiger partial charge in [-0.15, -0.1) is 0 Å². The third kappa shape index (κ3) is 4.98. The number of aromatic nitrogens is 1. The summed E-state index contributed by atoms with van der Waals surface area (Å²) < 4.78 is 7.02. The van der Waals surface area contributed by atoms with Crippen LogP contribution in [-0.2, 0) is 10.6 Å². The highest BCUT2D eigenvalue weighted by Crippen LogP contribution is 2.40. The predicted molar refractivity (Wildman–Crippen MR) is 154 cm³/mol. The third-order valence-corrected chi connectivity index (χ3v) is 8.25. The standard InChI is InChI=1S/C31H37N7O/c1-22(2)38-17-6-9-25(38)21-39-31(28-11-5-8-23-7-3-4-10-26(23)28)35-29-19-33-15-13-27(29)30(36-31)37-18-16-34-24(20-37)12-14-32/h3-5,7-8,10-11,13,15,19,22,24-25,34-35H,6,9,12,16-18,20-21H2,1-2H3/t24-,25-,31-/m0/s1. The van der Waals surface area contributed by atoms with E-state index in [4.69, 9.17) is 9.73 Å². The molecular formula is C31H37N7O. The lowest BCUT2D eigenvalue weighted by atomic mass is 9.98. The maximum absolute atomic E-state index is 9.36. The minimum Gasteiger partial charge on any atom is -0.353 e. The minimum atomic E-state index is -1.12. The van der Waals surface area contributed by atoms with Crippen molar-refractivity contribution in [2.45, 2.75) is 57.1 Å². The Morgan fingerprint density at radius 1 is 1.15 bits per heavy atom. The zero-order valence-electron chi connectivity index (χ0n) is 22.8. The Hall–Kier alpha value is -3.51. The van der Waals surface area contributed by atoms with E-state index in [0.29, 0.717) is 31.7 Å². The van der Waals surface area contributed by atoms with Crippen LogP contribution in [0.5, 0.6) is 0 Å². The number of amidine groups is 1. The molecule has 0 aliphatic carbocycles. The second-order valence-electron chi connectivity index (χ2n) is 11.1. The van der Waals surface area contributed by atoms with E-state index >= 15 is 0 Å². The lowest BCUT2D eigenvalue weighted by Gasteiger charge is -2.43. The number of hydrogen-bond donors (Lipinski definition) is 2. The molecular weight excluding hydrogens is 486 g/mol. The Bertz CT molecular complexity index is 1390. The lowest BCUT2D eigenvalue weighted by Crippen LogP contribution is -2.55. The SMILES string of the molecule is CC(C)N1CCC[C@H]1CO[C@]1(c2cccc3ccccc23)N=C(N2CCN[C@@H](CC#N)C2)c2ccncc2N1. The van der Waals surface area contributed by atoms with Crippen molar-refractivity contribution in [2.24, 2.45) is 4.99 Å². The number of fused-ring (bicyclic) bond motifs is 2. The molecule has 3 aliphatic rings. The maximum atomic E-state index is 9.36. The number of anilines is 1. The summed E-state index contributed by atoms with van der Waals surface area (Å²) in [5.41, 5.74) is 2.90. The number of nitrogens with zero attached hydrogens (tertiary/aromatic N) is 5. The number of nitriles is 1. The molecule has 1 aromatic heterocycles. The van der Waals surface area contributed by atoms with Crippen molar-refractivity contribution in [3.8, 4) is 6.07 Å². The van der Waals surface area contributed by atoms with Crippen molar-refractivity contribution in [1.29, 1.82) is 5.26 Å². The van der Waals surface area contributed by atoms with Crippen LogP contribution in [0.3, 0.4) is 0 Å². The molecule has 2 aromatic carbocycles. The Labute approximate surface area is 230 Å². The van der Waals surface area contributed by atoms with Crippen LogP contribution in [0.1, 0.15) is 44.2 Å². The van der Waals surface area contributed by atoms with Gasteiger partial charge in [0.1, 0.15) is 5.84 Å². The molecule has 0 bridgehead atoms. The highest BCUT2D eigenvalue weighted by molar-refractivity contribution is 6.05. The van der Waals surface area contributed by atoms with Crippen molar-refractivity contribution in [1.82, 2.24) is 20.1 Å². The van der Waals surface area contributed by atoms with E-state index in [-0.39, 0.29) is 6.04 Å². The van der Waals surface area contributed by atoms with Gasteiger partial charge in [0.05, 0.1) is 31.0 Å². The second-order valence-corrected chi connectivity index (χ2v) is 11.1. The molecule has 2 N–H and O–H groups in total. The van der Waals surface area contributed by atoms with E-state index in [0.717, 1.165) is 59.5 Å². The molecule has 4 heterocycles. The van der Waals surface area contributed by atoms with Crippen LogP contribution in [0.4, 0.5) is 5.69 Å². The second kappa shape index (κ2) is 10.9. The van der Waals surface area contributed by atoms with Crippen LogP contribution < -0.4 is 10.6 Å². The molecule has 39 heavy (non-hydrogen) atoms. The van der Waals surface area contributed by atoms with Crippen molar-refractivity contribution in [3.63, 3.8) is 0 Å². The first-order valence-electron chi connectivity index (χ1n) is 14.1. The molecule has 3 aliphatic heterocycles. The van der Waals surface area contributed by atoms with Crippen LogP contribution in [0.25, 0.3) is 10.8 Å². The molecule has 2 saturated heterocycles. The largest absolute Gasteiger partial charge is 0.353 e. The topological polar surface area (TPSA) is 88.8 Å². The molecule has 202 valence electrons. The van der Waals surface area contributed by atoms with E-state index in [1.54, 1.807) is 0 Å². The molecule has 8 heteroatoms. The van der Waals surface area contributed by atoms with Crippen LogP contribution in [0, 0.1) is 11.3 Å². The molecule has 3 atom stereocenters. The van der Waals surface area contributed by atoms with Crippen LogP contribution in [0.2, 0.25) is 0 Å². The maximum Gasteiger partial charge on any atom is 0.267 e. The van der Waals surface area contributed by atoms with Crippen molar-refractivity contribution >= 4 is 22.3 Å². The number of aliphatic imine (C=N–C) groups is 1. The first-order chi connectivity index (χ1) is 19.1. The van der Waals surface area contributed by atoms with Gasteiger partial charge in [0.2, 0.25) is 0 Å². The summed E-state index contributed by atoms with van der Waals surface area (Å²) in [4.78, 5) is 14.8. The van der Waals surface area contributed by atoms with E-state index in [1.165, 1.54) is 6.42 Å². The quantitative estimate of drug-likeness (QED) is 0.498. The molecule has 0 amide bonds. The molecule has 0 unspecified atom stereocenters. The van der Waals surface area contributed by atoms with Crippen LogP contribution >= 0.6 is 0 Å². The van der Waals surface area contributed by atoms with E-state index < -0.39 is 5.85 Å². The van der Waals surface area contributed by atoms with Gasteiger partial charge in [-0.2, -0.15) is 5.26 Å².